The van der Waals surface area contributed by atoms with Gasteiger partial charge in [0.25, 0.3) is 0 Å². The van der Waals surface area contributed by atoms with E-state index in [0.29, 0.717) is 0 Å². The maximum atomic E-state index is 14.0. The molecule has 2 aromatic carbocycles. The maximum absolute atomic E-state index is 14.0. The van der Waals surface area contributed by atoms with Crippen LogP contribution in [0, 0.1) is 23.0 Å². The van der Waals surface area contributed by atoms with Gasteiger partial charge in [0.15, 0.2) is 11.6 Å². The molecule has 0 heterocycles. The summed E-state index contributed by atoms with van der Waals surface area (Å²) in [7, 11) is 0. The van der Waals surface area contributed by atoms with Gasteiger partial charge in [-0.3, -0.25) is 9.59 Å². The summed E-state index contributed by atoms with van der Waals surface area (Å²) >= 11 is 0. The lowest BCUT2D eigenvalue weighted by Gasteiger charge is -2.10. The zero-order chi connectivity index (χ0) is 15.1. The van der Waals surface area contributed by atoms with Crippen molar-refractivity contribution in [2.45, 2.75) is 5.92 Å². The molecule has 0 atom stereocenters. The highest BCUT2D eigenvalue weighted by molar-refractivity contribution is 6.29. The lowest BCUT2D eigenvalue weighted by Crippen LogP contribution is -2.16. The van der Waals surface area contributed by atoms with E-state index >= 15 is 0 Å². The molecule has 0 N–H and O–H groups in total. The van der Waals surface area contributed by atoms with Gasteiger partial charge in [-0.2, -0.15) is 5.26 Å². The summed E-state index contributed by atoms with van der Waals surface area (Å²) in [4.78, 5) is 24.5. The van der Waals surface area contributed by atoms with Crippen molar-refractivity contribution in [3.63, 3.8) is 0 Å². The molecule has 0 saturated heterocycles. The van der Waals surface area contributed by atoms with Crippen LogP contribution in [0.5, 0.6) is 0 Å². The van der Waals surface area contributed by atoms with E-state index < -0.39 is 34.7 Å². The summed E-state index contributed by atoms with van der Waals surface area (Å²) in [5.41, 5.74) is -0.476. The van der Waals surface area contributed by atoms with Gasteiger partial charge in [0.05, 0.1) is 11.6 Å². The van der Waals surface area contributed by atoms with Gasteiger partial charge >= 0.3 is 0 Å². The zero-order valence-corrected chi connectivity index (χ0v) is 10.6. The highest BCUT2D eigenvalue weighted by Gasteiger charge is 2.42. The number of halogens is 2. The Kier molecular flexibility index (Phi) is 2.88. The van der Waals surface area contributed by atoms with Crippen LogP contribution in [0.25, 0.3) is 0 Å². The Morgan fingerprint density at radius 2 is 1.43 bits per heavy atom. The lowest BCUT2D eigenvalue weighted by molar-refractivity contribution is 0.0885. The predicted octanol–water partition coefficient (Wildman–Crippen LogP) is 3.00. The fourth-order valence-electron chi connectivity index (χ4n) is 2.53. The van der Waals surface area contributed by atoms with Gasteiger partial charge in [0.2, 0.25) is 0 Å². The Hall–Kier alpha value is -2.87. The summed E-state index contributed by atoms with van der Waals surface area (Å²) in [6.07, 6.45) is 0. The Bertz CT molecular complexity index is 778. The monoisotopic (exact) mass is 283 g/mol. The Morgan fingerprint density at radius 3 is 1.86 bits per heavy atom. The van der Waals surface area contributed by atoms with Crippen LogP contribution in [0.4, 0.5) is 8.78 Å². The third-order valence-corrected chi connectivity index (χ3v) is 3.48. The Morgan fingerprint density at radius 1 is 0.952 bits per heavy atom. The van der Waals surface area contributed by atoms with Gasteiger partial charge in [0, 0.05) is 16.7 Å². The van der Waals surface area contributed by atoms with Crippen molar-refractivity contribution in [2.75, 3.05) is 0 Å². The van der Waals surface area contributed by atoms with Crippen molar-refractivity contribution >= 4 is 11.6 Å². The van der Waals surface area contributed by atoms with Crippen molar-refractivity contribution in [2.24, 2.45) is 0 Å². The fourth-order valence-corrected chi connectivity index (χ4v) is 2.53. The standard InChI is InChI=1S/C16H7F2NO2/c17-11-5-8(7-19)6-12(18)13(11)14-15(20)9-3-1-2-4-10(9)16(14)21/h1-6,14H. The van der Waals surface area contributed by atoms with Gasteiger partial charge in [0.1, 0.15) is 17.6 Å². The van der Waals surface area contributed by atoms with Crippen LogP contribution in [-0.2, 0) is 0 Å². The van der Waals surface area contributed by atoms with E-state index in [2.05, 4.69) is 0 Å². The molecule has 0 unspecified atom stereocenters. The quantitative estimate of drug-likeness (QED) is 0.756. The molecular formula is C16H7F2NO2. The number of Topliss-reactive ketones (excluding diaryl/α,β-unsaturated/α-hetero) is 2. The zero-order valence-electron chi connectivity index (χ0n) is 10.6. The SMILES string of the molecule is N#Cc1cc(F)c(C2C(=O)c3ccccc3C2=O)c(F)c1. The number of nitriles is 1. The molecule has 3 rings (SSSR count). The van der Waals surface area contributed by atoms with Crippen LogP contribution in [0.3, 0.4) is 0 Å². The summed E-state index contributed by atoms with van der Waals surface area (Å²) in [6.45, 7) is 0. The number of carbonyl (C=O) groups is 2. The molecule has 2 aromatic rings. The van der Waals surface area contributed by atoms with Crippen LogP contribution in [0.2, 0.25) is 0 Å². The predicted molar refractivity (Wildman–Crippen MR) is 68.9 cm³/mol. The van der Waals surface area contributed by atoms with Crippen molar-refractivity contribution in [3.05, 3.63) is 70.3 Å². The second-order valence-electron chi connectivity index (χ2n) is 4.67. The molecule has 0 aromatic heterocycles. The van der Waals surface area contributed by atoms with Gasteiger partial charge in [-0.25, -0.2) is 8.78 Å². The van der Waals surface area contributed by atoms with Crippen molar-refractivity contribution in [1.29, 1.82) is 5.26 Å². The maximum Gasteiger partial charge on any atom is 0.179 e. The fraction of sp³-hybridized carbons (Fsp3) is 0.0625. The molecule has 0 saturated carbocycles. The molecule has 3 nitrogen and oxygen atoms in total. The number of hydrogen-bond acceptors (Lipinski definition) is 3. The third-order valence-electron chi connectivity index (χ3n) is 3.48. The average molecular weight is 283 g/mol. The number of nitrogens with zero attached hydrogens (tertiary/aromatic N) is 1. The average Bonchev–Trinajstić information content (AvgIpc) is 2.72. The molecule has 0 aliphatic heterocycles. The molecule has 5 heteroatoms. The molecule has 0 spiro atoms. The summed E-state index contributed by atoms with van der Waals surface area (Å²) in [6, 6.07) is 9.33. The van der Waals surface area contributed by atoms with Crippen LogP contribution in [-0.4, -0.2) is 11.6 Å². The first-order valence-corrected chi connectivity index (χ1v) is 6.11. The molecule has 0 bridgehead atoms. The van der Waals surface area contributed by atoms with E-state index in [1.165, 1.54) is 12.1 Å². The first kappa shape index (κ1) is 13.1. The van der Waals surface area contributed by atoms with E-state index in [1.807, 2.05) is 0 Å². The van der Waals surface area contributed by atoms with Crippen LogP contribution in [0.1, 0.15) is 37.8 Å². The van der Waals surface area contributed by atoms with Gasteiger partial charge in [-0.15, -0.1) is 0 Å². The van der Waals surface area contributed by atoms with Crippen LogP contribution >= 0.6 is 0 Å². The lowest BCUT2D eigenvalue weighted by atomic mass is 9.92. The second kappa shape index (κ2) is 4.60. The van der Waals surface area contributed by atoms with E-state index in [-0.39, 0.29) is 16.7 Å². The molecule has 21 heavy (non-hydrogen) atoms. The molecule has 1 aliphatic carbocycles. The molecule has 1 aliphatic rings. The number of ketones is 2. The first-order valence-electron chi connectivity index (χ1n) is 6.11. The molecule has 0 radical (unpaired) electrons. The number of hydrogen-bond donors (Lipinski definition) is 0. The molecular weight excluding hydrogens is 276 g/mol. The summed E-state index contributed by atoms with van der Waals surface area (Å²) < 4.78 is 28.0. The van der Waals surface area contributed by atoms with Gasteiger partial charge < -0.3 is 0 Å². The van der Waals surface area contributed by atoms with E-state index in [9.17, 15) is 18.4 Å². The molecule has 0 fully saturated rings. The smallest absolute Gasteiger partial charge is 0.179 e. The normalized spacial score (nSPS) is 14.1. The van der Waals surface area contributed by atoms with Crippen molar-refractivity contribution < 1.29 is 18.4 Å². The molecule has 0 amide bonds. The number of fused-ring (bicyclic) bond motifs is 1. The highest BCUT2D eigenvalue weighted by Crippen LogP contribution is 2.36. The third kappa shape index (κ3) is 1.84. The van der Waals surface area contributed by atoms with Crippen molar-refractivity contribution in [3.8, 4) is 6.07 Å². The summed E-state index contributed by atoms with van der Waals surface area (Å²) in [5.74, 6) is -4.90. The summed E-state index contributed by atoms with van der Waals surface area (Å²) in [5, 5.41) is 8.67. The van der Waals surface area contributed by atoms with Gasteiger partial charge in [-0.1, -0.05) is 24.3 Å². The van der Waals surface area contributed by atoms with E-state index in [4.69, 9.17) is 5.26 Å². The highest BCUT2D eigenvalue weighted by atomic mass is 19.1. The largest absolute Gasteiger partial charge is 0.293 e. The minimum absolute atomic E-state index is 0.163. The van der Waals surface area contributed by atoms with E-state index in [1.54, 1.807) is 18.2 Å². The minimum Gasteiger partial charge on any atom is -0.293 e. The number of carbonyl (C=O) groups excluding carboxylic acids is 2. The van der Waals surface area contributed by atoms with Crippen molar-refractivity contribution in [1.82, 2.24) is 0 Å². The topological polar surface area (TPSA) is 57.9 Å². The second-order valence-corrected chi connectivity index (χ2v) is 4.67. The van der Waals surface area contributed by atoms with Gasteiger partial charge in [-0.05, 0) is 12.1 Å². The van der Waals surface area contributed by atoms with Crippen LogP contribution in [0.15, 0.2) is 36.4 Å². The van der Waals surface area contributed by atoms with Crippen LogP contribution < -0.4 is 0 Å². The number of rotatable bonds is 1. The Balaban J connectivity index is 2.19. The minimum atomic E-state index is -1.52. The Labute approximate surface area is 118 Å². The first-order chi connectivity index (χ1) is 10.0. The number of benzene rings is 2. The van der Waals surface area contributed by atoms with E-state index in [0.717, 1.165) is 12.1 Å². The molecule has 102 valence electrons.